The lowest BCUT2D eigenvalue weighted by atomic mass is 9.96. The topological polar surface area (TPSA) is 142 Å². The summed E-state index contributed by atoms with van der Waals surface area (Å²) < 4.78 is 10.7. The number of nitrogens with one attached hydrogen (secondary N) is 2. The molecule has 6 rings (SSSR count). The van der Waals surface area contributed by atoms with Gasteiger partial charge in [0.25, 0.3) is 0 Å². The van der Waals surface area contributed by atoms with Crippen molar-refractivity contribution in [3.05, 3.63) is 77.7 Å². The molecule has 2 N–H and O–H groups in total. The van der Waals surface area contributed by atoms with Gasteiger partial charge < -0.3 is 29.4 Å². The van der Waals surface area contributed by atoms with Crippen LogP contribution in [0.5, 0.6) is 0 Å². The van der Waals surface area contributed by atoms with Gasteiger partial charge in [-0.05, 0) is 68.7 Å². The van der Waals surface area contributed by atoms with E-state index in [0.717, 1.165) is 63.5 Å². The second-order valence-electron chi connectivity index (χ2n) is 14.2. The number of aromatic amines is 1. The lowest BCUT2D eigenvalue weighted by Crippen LogP contribution is -2.50. The Kier molecular flexibility index (Phi) is 8.67. The molecular weight excluding hydrogens is 608 g/mol. The number of piperazine rings is 1. The molecule has 250 valence electrons. The monoisotopic (exact) mass is 650 g/mol. The van der Waals surface area contributed by atoms with Crippen LogP contribution in [0, 0.1) is 6.92 Å². The average molecular weight is 651 g/mol. The number of ether oxygens (including phenoxy) is 1. The van der Waals surface area contributed by atoms with Crippen LogP contribution in [0.25, 0.3) is 33.5 Å². The highest BCUT2D eigenvalue weighted by atomic mass is 16.6. The molecule has 0 radical (unpaired) electrons. The number of aryl methyl sites for hydroxylation is 1. The summed E-state index contributed by atoms with van der Waals surface area (Å²) in [7, 11) is 0. The van der Waals surface area contributed by atoms with E-state index in [1.807, 2.05) is 60.6 Å². The molecule has 2 aromatic carbocycles. The standard InChI is InChI=1S/C36H42N8O4/c1-22-18-24(8-9-25(22)20-37-31(45)32-41-33(42-48-32)35(2,3)4)29-27-19-28(40-30(27)39-21-38-29)23-10-12-26(13-11-23)43-14-16-44(17-15-43)34(46)47-36(5,6)7/h8-13,18-19,21H,14-17,20H2,1-7H3,(H,37,45)(H,38,39,40). The van der Waals surface area contributed by atoms with E-state index in [1.165, 1.54) is 0 Å². The minimum Gasteiger partial charge on any atom is -0.444 e. The Labute approximate surface area is 279 Å². The van der Waals surface area contributed by atoms with Crippen molar-refractivity contribution in [1.29, 1.82) is 0 Å². The maximum Gasteiger partial charge on any atom is 0.410 e. The molecule has 1 aliphatic rings. The summed E-state index contributed by atoms with van der Waals surface area (Å²) in [6.45, 7) is 16.6. The minimum atomic E-state index is -0.502. The van der Waals surface area contributed by atoms with Crippen LogP contribution in [0.4, 0.5) is 10.5 Å². The fourth-order valence-corrected chi connectivity index (χ4v) is 5.56. The highest BCUT2D eigenvalue weighted by molar-refractivity contribution is 5.94. The van der Waals surface area contributed by atoms with Gasteiger partial charge in [0, 0.05) is 60.5 Å². The predicted molar refractivity (Wildman–Crippen MR) is 184 cm³/mol. The van der Waals surface area contributed by atoms with Crippen LogP contribution in [0.1, 0.15) is 69.2 Å². The fourth-order valence-electron chi connectivity index (χ4n) is 5.56. The number of aromatic nitrogens is 5. The molecule has 0 saturated carbocycles. The summed E-state index contributed by atoms with van der Waals surface area (Å²) in [6.07, 6.45) is 1.31. The van der Waals surface area contributed by atoms with Crippen LogP contribution in [0.2, 0.25) is 0 Å². The largest absolute Gasteiger partial charge is 0.444 e. The third-order valence-electron chi connectivity index (χ3n) is 8.25. The van der Waals surface area contributed by atoms with E-state index in [9.17, 15) is 9.59 Å². The number of carbonyl (C=O) groups excluding carboxylic acids is 2. The van der Waals surface area contributed by atoms with Gasteiger partial charge in [-0.15, -0.1) is 0 Å². The molecule has 1 fully saturated rings. The van der Waals surface area contributed by atoms with Crippen LogP contribution >= 0.6 is 0 Å². The Balaban J connectivity index is 1.12. The number of amides is 2. The van der Waals surface area contributed by atoms with Gasteiger partial charge in [-0.2, -0.15) is 4.98 Å². The molecule has 12 nitrogen and oxygen atoms in total. The molecule has 1 aliphatic heterocycles. The van der Waals surface area contributed by atoms with E-state index in [4.69, 9.17) is 9.26 Å². The van der Waals surface area contributed by atoms with E-state index in [0.29, 0.717) is 25.5 Å². The van der Waals surface area contributed by atoms with Gasteiger partial charge >= 0.3 is 17.9 Å². The third kappa shape index (κ3) is 7.17. The molecule has 3 aromatic heterocycles. The first-order valence-corrected chi connectivity index (χ1v) is 16.1. The second-order valence-corrected chi connectivity index (χ2v) is 14.2. The Morgan fingerprint density at radius 2 is 1.65 bits per heavy atom. The zero-order valence-corrected chi connectivity index (χ0v) is 28.5. The smallest absolute Gasteiger partial charge is 0.410 e. The first kappa shape index (κ1) is 32.7. The summed E-state index contributed by atoms with van der Waals surface area (Å²) in [6, 6.07) is 16.6. The van der Waals surface area contributed by atoms with Crippen LogP contribution in [-0.2, 0) is 16.7 Å². The number of anilines is 1. The number of benzene rings is 2. The van der Waals surface area contributed by atoms with Gasteiger partial charge in [0.1, 0.15) is 17.6 Å². The summed E-state index contributed by atoms with van der Waals surface area (Å²) in [4.78, 5) is 46.0. The molecule has 4 heterocycles. The van der Waals surface area contributed by atoms with E-state index >= 15 is 0 Å². The van der Waals surface area contributed by atoms with Crippen molar-refractivity contribution in [2.75, 3.05) is 31.1 Å². The van der Waals surface area contributed by atoms with Gasteiger partial charge in [-0.1, -0.05) is 50.2 Å². The number of hydrogen-bond acceptors (Lipinski definition) is 9. The van der Waals surface area contributed by atoms with Gasteiger partial charge in [0.2, 0.25) is 0 Å². The second kappa shape index (κ2) is 12.7. The first-order valence-electron chi connectivity index (χ1n) is 16.1. The molecule has 0 spiro atoms. The first-order chi connectivity index (χ1) is 22.7. The van der Waals surface area contributed by atoms with E-state index in [1.54, 1.807) is 11.2 Å². The van der Waals surface area contributed by atoms with E-state index < -0.39 is 11.5 Å². The third-order valence-corrected chi connectivity index (χ3v) is 8.25. The summed E-state index contributed by atoms with van der Waals surface area (Å²) >= 11 is 0. The van der Waals surface area contributed by atoms with Crippen molar-refractivity contribution in [3.8, 4) is 22.5 Å². The van der Waals surface area contributed by atoms with Crippen LogP contribution < -0.4 is 10.2 Å². The average Bonchev–Trinajstić information content (AvgIpc) is 3.72. The number of rotatable bonds is 6. The number of H-pyrrole nitrogens is 1. The number of fused-ring (bicyclic) bond motifs is 1. The molecular formula is C36H42N8O4. The molecule has 0 bridgehead atoms. The lowest BCUT2D eigenvalue weighted by molar-refractivity contribution is 0.0240. The van der Waals surface area contributed by atoms with Crippen molar-refractivity contribution in [2.24, 2.45) is 0 Å². The maximum atomic E-state index is 12.6. The molecule has 0 unspecified atom stereocenters. The SMILES string of the molecule is Cc1cc(-c2ncnc3[nH]c(-c4ccc(N5CCN(C(=O)OC(C)(C)C)CC5)cc4)cc23)ccc1CNC(=O)c1nc(C(C)(C)C)no1. The van der Waals surface area contributed by atoms with E-state index in [-0.39, 0.29) is 17.4 Å². The van der Waals surface area contributed by atoms with Crippen molar-refractivity contribution >= 4 is 28.7 Å². The van der Waals surface area contributed by atoms with E-state index in [2.05, 4.69) is 71.7 Å². The fraction of sp³-hybridized carbons (Fsp3) is 0.389. The highest BCUT2D eigenvalue weighted by Gasteiger charge is 2.26. The van der Waals surface area contributed by atoms with Gasteiger partial charge in [-0.3, -0.25) is 4.79 Å². The Morgan fingerprint density at radius 3 is 2.29 bits per heavy atom. The maximum absolute atomic E-state index is 12.6. The zero-order valence-electron chi connectivity index (χ0n) is 28.5. The zero-order chi connectivity index (χ0) is 34.2. The van der Waals surface area contributed by atoms with Gasteiger partial charge in [-0.25, -0.2) is 14.8 Å². The molecule has 12 heteroatoms. The molecule has 48 heavy (non-hydrogen) atoms. The minimum absolute atomic E-state index is 0.0476. The Bertz CT molecular complexity index is 1940. The predicted octanol–water partition coefficient (Wildman–Crippen LogP) is 6.27. The lowest BCUT2D eigenvalue weighted by Gasteiger charge is -2.36. The Hall–Kier alpha value is -5.26. The number of carbonyl (C=O) groups is 2. The summed E-state index contributed by atoms with van der Waals surface area (Å²) in [5.41, 5.74) is 6.78. The van der Waals surface area contributed by atoms with Crippen LogP contribution in [0.3, 0.4) is 0 Å². The van der Waals surface area contributed by atoms with Crippen LogP contribution in [0.15, 0.2) is 59.4 Å². The van der Waals surface area contributed by atoms with Crippen molar-refractivity contribution in [2.45, 2.75) is 66.0 Å². The number of nitrogens with zero attached hydrogens (tertiary/aromatic N) is 6. The highest BCUT2D eigenvalue weighted by Crippen LogP contribution is 2.32. The molecule has 5 aromatic rings. The summed E-state index contributed by atoms with van der Waals surface area (Å²) in [5, 5.41) is 7.73. The molecule has 1 saturated heterocycles. The molecule has 0 atom stereocenters. The van der Waals surface area contributed by atoms with Crippen LogP contribution in [-0.4, -0.2) is 73.8 Å². The van der Waals surface area contributed by atoms with Gasteiger partial charge in [0.15, 0.2) is 5.82 Å². The number of hydrogen-bond donors (Lipinski definition) is 2. The normalized spacial score (nSPS) is 14.0. The molecule has 0 aliphatic carbocycles. The Morgan fingerprint density at radius 1 is 0.938 bits per heavy atom. The molecule has 2 amide bonds. The van der Waals surface area contributed by atoms with Crippen molar-refractivity contribution in [3.63, 3.8) is 0 Å². The van der Waals surface area contributed by atoms with Crippen molar-refractivity contribution < 1.29 is 18.8 Å². The summed E-state index contributed by atoms with van der Waals surface area (Å²) in [5.74, 6) is 0.0301. The van der Waals surface area contributed by atoms with Gasteiger partial charge in [0.05, 0.1) is 5.69 Å². The quantitative estimate of drug-likeness (QED) is 0.217. The van der Waals surface area contributed by atoms with Crippen molar-refractivity contribution in [1.82, 2.24) is 35.3 Å².